The number of hydrogen-bond acceptors (Lipinski definition) is 2. The third kappa shape index (κ3) is 3.36. The standard InChI is InChI=1S/C14H10BrClN2OS/c15-8-5-6-11(16)10(7-8)14(19)18-12-4-2-1-3-9(12)13(17)20/h1-7H,(H2,17,20)(H,18,19). The number of nitrogens with one attached hydrogen (secondary N) is 1. The highest BCUT2D eigenvalue weighted by atomic mass is 79.9. The van der Waals surface area contributed by atoms with Gasteiger partial charge in [0.15, 0.2) is 0 Å². The van der Waals surface area contributed by atoms with Crippen LogP contribution in [0.1, 0.15) is 15.9 Å². The monoisotopic (exact) mass is 368 g/mol. The molecule has 2 aromatic rings. The summed E-state index contributed by atoms with van der Waals surface area (Å²) in [5.74, 6) is -0.319. The van der Waals surface area contributed by atoms with Gasteiger partial charge in [-0.05, 0) is 30.3 Å². The van der Waals surface area contributed by atoms with E-state index in [2.05, 4.69) is 21.2 Å². The maximum absolute atomic E-state index is 12.3. The van der Waals surface area contributed by atoms with Gasteiger partial charge in [-0.1, -0.05) is 51.9 Å². The summed E-state index contributed by atoms with van der Waals surface area (Å²) in [5.41, 5.74) is 7.17. The summed E-state index contributed by atoms with van der Waals surface area (Å²) in [6, 6.07) is 12.2. The quantitative estimate of drug-likeness (QED) is 0.804. The summed E-state index contributed by atoms with van der Waals surface area (Å²) < 4.78 is 0.773. The Morgan fingerprint density at radius 2 is 1.90 bits per heavy atom. The number of halogens is 2. The number of carbonyl (C=O) groups excluding carboxylic acids is 1. The van der Waals surface area contributed by atoms with Gasteiger partial charge < -0.3 is 11.1 Å². The van der Waals surface area contributed by atoms with Crippen LogP contribution in [0.15, 0.2) is 46.9 Å². The molecule has 2 rings (SSSR count). The van der Waals surface area contributed by atoms with Gasteiger partial charge in [0.25, 0.3) is 5.91 Å². The van der Waals surface area contributed by atoms with Crippen LogP contribution in [-0.2, 0) is 0 Å². The molecule has 0 saturated carbocycles. The fraction of sp³-hybridized carbons (Fsp3) is 0. The van der Waals surface area contributed by atoms with Crippen LogP contribution in [0.5, 0.6) is 0 Å². The zero-order valence-corrected chi connectivity index (χ0v) is 13.3. The van der Waals surface area contributed by atoms with Crippen LogP contribution >= 0.6 is 39.7 Å². The molecular formula is C14H10BrClN2OS. The molecular weight excluding hydrogens is 360 g/mol. The second-order valence-corrected chi connectivity index (χ2v) is 5.75. The van der Waals surface area contributed by atoms with Crippen molar-refractivity contribution in [3.05, 3.63) is 63.1 Å². The minimum absolute atomic E-state index is 0.223. The topological polar surface area (TPSA) is 55.1 Å². The van der Waals surface area contributed by atoms with Crippen molar-refractivity contribution >= 4 is 56.3 Å². The van der Waals surface area contributed by atoms with Gasteiger partial charge in [0.2, 0.25) is 0 Å². The Labute approximate surface area is 135 Å². The summed E-state index contributed by atoms with van der Waals surface area (Å²) in [4.78, 5) is 12.5. The smallest absolute Gasteiger partial charge is 0.257 e. The lowest BCUT2D eigenvalue weighted by Gasteiger charge is -2.11. The van der Waals surface area contributed by atoms with Crippen molar-refractivity contribution in [3.63, 3.8) is 0 Å². The summed E-state index contributed by atoms with van der Waals surface area (Å²) in [5, 5.41) is 3.14. The molecule has 0 bridgehead atoms. The van der Waals surface area contributed by atoms with E-state index in [-0.39, 0.29) is 10.9 Å². The number of hydrogen-bond donors (Lipinski definition) is 2. The van der Waals surface area contributed by atoms with Crippen LogP contribution in [-0.4, -0.2) is 10.9 Å². The molecule has 0 aliphatic heterocycles. The van der Waals surface area contributed by atoms with Crippen molar-refractivity contribution in [1.29, 1.82) is 0 Å². The Morgan fingerprint density at radius 1 is 1.20 bits per heavy atom. The second-order valence-electron chi connectivity index (χ2n) is 3.99. The fourth-order valence-electron chi connectivity index (χ4n) is 1.67. The first-order valence-electron chi connectivity index (χ1n) is 5.64. The second kappa shape index (κ2) is 6.35. The maximum atomic E-state index is 12.3. The van der Waals surface area contributed by atoms with Gasteiger partial charge in [0.05, 0.1) is 16.3 Å². The molecule has 20 heavy (non-hydrogen) atoms. The molecule has 0 fully saturated rings. The average molecular weight is 370 g/mol. The summed E-state index contributed by atoms with van der Waals surface area (Å²) in [6.07, 6.45) is 0. The van der Waals surface area contributed by atoms with Crippen LogP contribution in [0.2, 0.25) is 5.02 Å². The average Bonchev–Trinajstić information content (AvgIpc) is 2.41. The number of anilines is 1. The first-order chi connectivity index (χ1) is 9.49. The summed E-state index contributed by atoms with van der Waals surface area (Å²) in [6.45, 7) is 0. The van der Waals surface area contributed by atoms with Crippen molar-refractivity contribution in [2.75, 3.05) is 5.32 Å². The molecule has 0 heterocycles. The van der Waals surface area contributed by atoms with E-state index >= 15 is 0 Å². The van der Waals surface area contributed by atoms with Gasteiger partial charge in [0, 0.05) is 10.0 Å². The molecule has 6 heteroatoms. The Hall–Kier alpha value is -1.43. The minimum atomic E-state index is -0.319. The van der Waals surface area contributed by atoms with Crippen LogP contribution in [0.3, 0.4) is 0 Å². The minimum Gasteiger partial charge on any atom is -0.389 e. The molecule has 0 aromatic heterocycles. The van der Waals surface area contributed by atoms with E-state index in [4.69, 9.17) is 29.6 Å². The molecule has 0 radical (unpaired) electrons. The summed E-state index contributed by atoms with van der Waals surface area (Å²) >= 11 is 14.3. The van der Waals surface area contributed by atoms with E-state index in [1.54, 1.807) is 42.5 Å². The van der Waals surface area contributed by atoms with Crippen molar-refractivity contribution in [3.8, 4) is 0 Å². The number of nitrogens with two attached hydrogens (primary N) is 1. The number of amides is 1. The molecule has 0 atom stereocenters. The fourth-order valence-corrected chi connectivity index (χ4v) is 2.41. The number of benzene rings is 2. The normalized spacial score (nSPS) is 10.1. The van der Waals surface area contributed by atoms with Crippen molar-refractivity contribution in [2.24, 2.45) is 5.73 Å². The van der Waals surface area contributed by atoms with E-state index in [0.717, 1.165) is 4.47 Å². The molecule has 3 N–H and O–H groups in total. The van der Waals surface area contributed by atoms with Gasteiger partial charge in [0.1, 0.15) is 4.99 Å². The van der Waals surface area contributed by atoms with Gasteiger partial charge in [-0.2, -0.15) is 0 Å². The van der Waals surface area contributed by atoms with Crippen LogP contribution in [0, 0.1) is 0 Å². The van der Waals surface area contributed by atoms with Crippen LogP contribution in [0.25, 0.3) is 0 Å². The highest BCUT2D eigenvalue weighted by Gasteiger charge is 2.13. The molecule has 2 aromatic carbocycles. The van der Waals surface area contributed by atoms with Gasteiger partial charge in [-0.15, -0.1) is 0 Å². The molecule has 0 aliphatic carbocycles. The van der Waals surface area contributed by atoms with E-state index in [1.165, 1.54) is 0 Å². The van der Waals surface area contributed by atoms with Crippen LogP contribution < -0.4 is 11.1 Å². The number of thiocarbonyl (C=S) groups is 1. The Bertz CT molecular complexity index is 691. The Kier molecular flexibility index (Phi) is 4.75. The summed E-state index contributed by atoms with van der Waals surface area (Å²) in [7, 11) is 0. The van der Waals surface area contributed by atoms with Crippen molar-refractivity contribution in [1.82, 2.24) is 0 Å². The molecule has 0 aliphatic rings. The number of para-hydroxylation sites is 1. The number of carbonyl (C=O) groups is 1. The molecule has 0 saturated heterocycles. The lowest BCUT2D eigenvalue weighted by molar-refractivity contribution is 0.102. The highest BCUT2D eigenvalue weighted by Crippen LogP contribution is 2.23. The molecule has 102 valence electrons. The third-order valence-corrected chi connectivity index (χ3v) is 3.66. The largest absolute Gasteiger partial charge is 0.389 e. The Balaban J connectivity index is 2.33. The highest BCUT2D eigenvalue weighted by molar-refractivity contribution is 9.10. The van der Waals surface area contributed by atoms with Gasteiger partial charge >= 0.3 is 0 Å². The molecule has 0 spiro atoms. The van der Waals surface area contributed by atoms with E-state index in [1.807, 2.05) is 0 Å². The lowest BCUT2D eigenvalue weighted by atomic mass is 10.1. The van der Waals surface area contributed by atoms with Crippen molar-refractivity contribution in [2.45, 2.75) is 0 Å². The predicted molar refractivity (Wildman–Crippen MR) is 89.4 cm³/mol. The van der Waals surface area contributed by atoms with E-state index < -0.39 is 0 Å². The zero-order chi connectivity index (χ0) is 14.7. The van der Waals surface area contributed by atoms with Gasteiger partial charge in [-0.3, -0.25) is 4.79 Å². The maximum Gasteiger partial charge on any atom is 0.257 e. The van der Waals surface area contributed by atoms with Gasteiger partial charge in [-0.25, -0.2) is 0 Å². The molecule has 0 unspecified atom stereocenters. The predicted octanol–water partition coefficient (Wildman–Crippen LogP) is 3.99. The first-order valence-corrected chi connectivity index (χ1v) is 7.22. The molecule has 1 amide bonds. The van der Waals surface area contributed by atoms with Crippen molar-refractivity contribution < 1.29 is 4.79 Å². The molecule has 3 nitrogen and oxygen atoms in total. The third-order valence-electron chi connectivity index (χ3n) is 2.61. The first kappa shape index (κ1) is 15.0. The lowest BCUT2D eigenvalue weighted by Crippen LogP contribution is -2.17. The SMILES string of the molecule is NC(=S)c1ccccc1NC(=O)c1cc(Br)ccc1Cl. The Morgan fingerprint density at radius 3 is 2.60 bits per heavy atom. The number of rotatable bonds is 3. The van der Waals surface area contributed by atoms with E-state index in [9.17, 15) is 4.79 Å². The van der Waals surface area contributed by atoms with E-state index in [0.29, 0.717) is 21.8 Å². The zero-order valence-electron chi connectivity index (χ0n) is 10.2. The van der Waals surface area contributed by atoms with Crippen LogP contribution in [0.4, 0.5) is 5.69 Å².